The Morgan fingerprint density at radius 3 is 2.86 bits per heavy atom. The second-order valence-corrected chi connectivity index (χ2v) is 6.50. The number of para-hydroxylation sites is 1. The molecule has 0 radical (unpaired) electrons. The van der Waals surface area contributed by atoms with Gasteiger partial charge in [-0.3, -0.25) is 4.79 Å². The Morgan fingerprint density at radius 1 is 1.45 bits per heavy atom. The first kappa shape index (κ1) is 16.8. The molecule has 4 nitrogen and oxygen atoms in total. The van der Waals surface area contributed by atoms with E-state index in [0.717, 1.165) is 30.7 Å². The zero-order valence-electron chi connectivity index (χ0n) is 13.8. The first-order valence-electron chi connectivity index (χ1n) is 8.09. The maximum Gasteiger partial charge on any atom is 0.222 e. The monoisotopic (exact) mass is 305 g/mol. The molecule has 1 aromatic rings. The molecule has 2 rings (SSSR count). The SMILES string of the molecule is COc1ccccc1CC(C)CC(=O)N1CCC(C)C(O)C1. The number of hydrogen-bond donors (Lipinski definition) is 1. The van der Waals surface area contributed by atoms with Crippen molar-refractivity contribution in [3.05, 3.63) is 29.8 Å². The van der Waals surface area contributed by atoms with Crippen LogP contribution in [-0.2, 0) is 11.2 Å². The van der Waals surface area contributed by atoms with Gasteiger partial charge in [0.1, 0.15) is 5.75 Å². The van der Waals surface area contributed by atoms with Gasteiger partial charge in [0.2, 0.25) is 5.91 Å². The van der Waals surface area contributed by atoms with E-state index in [4.69, 9.17) is 4.74 Å². The molecule has 4 heteroatoms. The highest BCUT2D eigenvalue weighted by Gasteiger charge is 2.27. The quantitative estimate of drug-likeness (QED) is 0.909. The van der Waals surface area contributed by atoms with Crippen LogP contribution in [0.15, 0.2) is 24.3 Å². The Kier molecular flexibility index (Phi) is 5.83. The van der Waals surface area contributed by atoms with Gasteiger partial charge in [0.25, 0.3) is 0 Å². The van der Waals surface area contributed by atoms with Crippen LogP contribution in [0.5, 0.6) is 5.75 Å². The molecule has 1 N–H and O–H groups in total. The van der Waals surface area contributed by atoms with Crippen LogP contribution in [0.1, 0.15) is 32.3 Å². The summed E-state index contributed by atoms with van der Waals surface area (Å²) in [5, 5.41) is 9.92. The molecule has 1 amide bonds. The lowest BCUT2D eigenvalue weighted by Crippen LogP contribution is -2.46. The molecule has 0 aromatic heterocycles. The van der Waals surface area contributed by atoms with Gasteiger partial charge in [0.05, 0.1) is 13.2 Å². The van der Waals surface area contributed by atoms with Crippen LogP contribution in [0, 0.1) is 11.8 Å². The molecule has 0 spiro atoms. The summed E-state index contributed by atoms with van der Waals surface area (Å²) >= 11 is 0. The van der Waals surface area contributed by atoms with Gasteiger partial charge < -0.3 is 14.7 Å². The van der Waals surface area contributed by atoms with Gasteiger partial charge in [-0.2, -0.15) is 0 Å². The number of ether oxygens (including phenoxy) is 1. The molecule has 3 unspecified atom stereocenters. The van der Waals surface area contributed by atoms with Crippen molar-refractivity contribution in [2.45, 2.75) is 39.2 Å². The van der Waals surface area contributed by atoms with E-state index in [1.807, 2.05) is 36.1 Å². The van der Waals surface area contributed by atoms with Crippen LogP contribution in [0.2, 0.25) is 0 Å². The fourth-order valence-electron chi connectivity index (χ4n) is 3.02. The van der Waals surface area contributed by atoms with Crippen LogP contribution >= 0.6 is 0 Å². The summed E-state index contributed by atoms with van der Waals surface area (Å²) in [5.41, 5.74) is 1.14. The van der Waals surface area contributed by atoms with Crippen LogP contribution < -0.4 is 4.74 Å². The zero-order chi connectivity index (χ0) is 16.1. The fraction of sp³-hybridized carbons (Fsp3) is 0.611. The summed E-state index contributed by atoms with van der Waals surface area (Å²) in [6, 6.07) is 7.95. The first-order chi connectivity index (χ1) is 10.5. The maximum absolute atomic E-state index is 12.4. The van der Waals surface area contributed by atoms with Gasteiger partial charge in [-0.15, -0.1) is 0 Å². The number of carbonyl (C=O) groups is 1. The average molecular weight is 305 g/mol. The number of methoxy groups -OCH3 is 1. The Bertz CT molecular complexity index is 503. The normalized spacial score (nSPS) is 23.2. The fourth-order valence-corrected chi connectivity index (χ4v) is 3.02. The highest BCUT2D eigenvalue weighted by atomic mass is 16.5. The second-order valence-electron chi connectivity index (χ2n) is 6.50. The zero-order valence-corrected chi connectivity index (χ0v) is 13.8. The van der Waals surface area contributed by atoms with E-state index in [1.54, 1.807) is 7.11 Å². The lowest BCUT2D eigenvalue weighted by molar-refractivity contribution is -0.136. The molecule has 22 heavy (non-hydrogen) atoms. The molecule has 1 heterocycles. The third-order valence-electron chi connectivity index (χ3n) is 4.56. The lowest BCUT2D eigenvalue weighted by atomic mass is 9.93. The molecule has 0 aliphatic carbocycles. The highest BCUT2D eigenvalue weighted by Crippen LogP contribution is 2.23. The van der Waals surface area contributed by atoms with Gasteiger partial charge >= 0.3 is 0 Å². The van der Waals surface area contributed by atoms with Crippen molar-refractivity contribution in [1.29, 1.82) is 0 Å². The molecular weight excluding hydrogens is 278 g/mol. The van der Waals surface area contributed by atoms with E-state index in [1.165, 1.54) is 0 Å². The molecule has 3 atom stereocenters. The van der Waals surface area contributed by atoms with Gasteiger partial charge in [-0.1, -0.05) is 32.0 Å². The van der Waals surface area contributed by atoms with Gasteiger partial charge in [0, 0.05) is 19.5 Å². The Labute approximate surface area is 133 Å². The van der Waals surface area contributed by atoms with Crippen molar-refractivity contribution in [2.75, 3.05) is 20.2 Å². The van der Waals surface area contributed by atoms with E-state index in [-0.39, 0.29) is 23.8 Å². The standard InChI is InChI=1S/C18H27NO3/c1-13(10-15-6-4-5-7-17(15)22-3)11-18(21)19-9-8-14(2)16(20)12-19/h4-7,13-14,16,20H,8-12H2,1-3H3. The summed E-state index contributed by atoms with van der Waals surface area (Å²) in [6.45, 7) is 5.37. The van der Waals surface area contributed by atoms with E-state index < -0.39 is 0 Å². The van der Waals surface area contributed by atoms with Gasteiger partial charge in [0.15, 0.2) is 0 Å². The largest absolute Gasteiger partial charge is 0.496 e. The number of nitrogens with zero attached hydrogens (tertiary/aromatic N) is 1. The molecule has 1 aliphatic rings. The van der Waals surface area contributed by atoms with E-state index in [2.05, 4.69) is 6.92 Å². The van der Waals surface area contributed by atoms with Crippen molar-refractivity contribution >= 4 is 5.91 Å². The number of rotatable bonds is 5. The van der Waals surface area contributed by atoms with Crippen LogP contribution in [0.3, 0.4) is 0 Å². The van der Waals surface area contributed by atoms with Crippen molar-refractivity contribution in [3.8, 4) is 5.75 Å². The smallest absolute Gasteiger partial charge is 0.222 e. The van der Waals surface area contributed by atoms with E-state index >= 15 is 0 Å². The number of likely N-dealkylation sites (tertiary alicyclic amines) is 1. The lowest BCUT2D eigenvalue weighted by Gasteiger charge is -2.34. The maximum atomic E-state index is 12.4. The molecule has 1 aromatic carbocycles. The molecule has 1 saturated heterocycles. The number of carbonyl (C=O) groups excluding carboxylic acids is 1. The molecule has 122 valence electrons. The van der Waals surface area contributed by atoms with Crippen molar-refractivity contribution < 1.29 is 14.6 Å². The molecule has 0 bridgehead atoms. The average Bonchev–Trinajstić information content (AvgIpc) is 2.50. The summed E-state index contributed by atoms with van der Waals surface area (Å²) < 4.78 is 5.36. The summed E-state index contributed by atoms with van der Waals surface area (Å²) in [7, 11) is 1.67. The highest BCUT2D eigenvalue weighted by molar-refractivity contribution is 5.76. The minimum absolute atomic E-state index is 0.147. The van der Waals surface area contributed by atoms with E-state index in [9.17, 15) is 9.90 Å². The number of benzene rings is 1. The second kappa shape index (κ2) is 7.63. The van der Waals surface area contributed by atoms with Crippen LogP contribution in [0.4, 0.5) is 0 Å². The molecule has 0 saturated carbocycles. The number of β-amino-alcohol motifs (C(OH)–C–C–N with tert-alkyl or cyclic N) is 1. The number of piperidine rings is 1. The molecular formula is C18H27NO3. The van der Waals surface area contributed by atoms with Crippen molar-refractivity contribution in [2.24, 2.45) is 11.8 Å². The summed E-state index contributed by atoms with van der Waals surface area (Å²) in [6.07, 6.45) is 1.83. The predicted octanol–water partition coefficient (Wildman–Crippen LogP) is 2.49. The predicted molar refractivity (Wildman–Crippen MR) is 86.8 cm³/mol. The first-order valence-corrected chi connectivity index (χ1v) is 8.09. The van der Waals surface area contributed by atoms with Crippen LogP contribution in [-0.4, -0.2) is 42.2 Å². The van der Waals surface area contributed by atoms with Gasteiger partial charge in [-0.25, -0.2) is 0 Å². The Balaban J connectivity index is 1.89. The van der Waals surface area contributed by atoms with Crippen molar-refractivity contribution in [1.82, 2.24) is 4.90 Å². The Hall–Kier alpha value is -1.55. The Morgan fingerprint density at radius 2 is 2.18 bits per heavy atom. The molecule has 1 fully saturated rings. The number of aliphatic hydroxyl groups excluding tert-OH is 1. The molecule has 1 aliphatic heterocycles. The van der Waals surface area contributed by atoms with Crippen molar-refractivity contribution in [3.63, 3.8) is 0 Å². The summed E-state index contributed by atoms with van der Waals surface area (Å²) in [5.74, 6) is 1.56. The summed E-state index contributed by atoms with van der Waals surface area (Å²) in [4.78, 5) is 14.2. The minimum Gasteiger partial charge on any atom is -0.496 e. The topological polar surface area (TPSA) is 49.8 Å². The third kappa shape index (κ3) is 4.23. The third-order valence-corrected chi connectivity index (χ3v) is 4.56. The van der Waals surface area contributed by atoms with Crippen LogP contribution in [0.25, 0.3) is 0 Å². The minimum atomic E-state index is -0.387. The number of aliphatic hydroxyl groups is 1. The number of amides is 1. The van der Waals surface area contributed by atoms with E-state index in [0.29, 0.717) is 13.0 Å². The number of hydrogen-bond acceptors (Lipinski definition) is 3. The van der Waals surface area contributed by atoms with Gasteiger partial charge in [-0.05, 0) is 36.3 Å².